The van der Waals surface area contributed by atoms with Gasteiger partial charge >= 0.3 is 0 Å². The Bertz CT molecular complexity index is 518. The van der Waals surface area contributed by atoms with Crippen LogP contribution < -0.4 is 5.32 Å². The third-order valence-corrected chi connectivity index (χ3v) is 5.27. The van der Waals surface area contributed by atoms with E-state index < -0.39 is 0 Å². The molecule has 1 aromatic rings. The summed E-state index contributed by atoms with van der Waals surface area (Å²) in [5, 5.41) is 12.0. The van der Waals surface area contributed by atoms with Crippen molar-refractivity contribution >= 4 is 11.6 Å². The van der Waals surface area contributed by atoms with E-state index >= 15 is 0 Å². The van der Waals surface area contributed by atoms with Gasteiger partial charge in [-0.15, -0.1) is 0 Å². The molecule has 0 unspecified atom stereocenters. The number of piperazine rings is 1. The first-order valence-corrected chi connectivity index (χ1v) is 9.20. The molecule has 3 rings (SSSR count). The van der Waals surface area contributed by atoms with Gasteiger partial charge < -0.3 is 10.4 Å². The van der Waals surface area contributed by atoms with Crippen LogP contribution in [0.3, 0.4) is 0 Å². The van der Waals surface area contributed by atoms with Gasteiger partial charge in [0, 0.05) is 38.4 Å². The fourth-order valence-corrected chi connectivity index (χ4v) is 3.81. The average molecular weight is 331 g/mol. The predicted molar refractivity (Wildman–Crippen MR) is 96.2 cm³/mol. The highest BCUT2D eigenvalue weighted by Gasteiger charge is 2.19. The second-order valence-corrected chi connectivity index (χ2v) is 6.99. The molecule has 1 aliphatic heterocycles. The molecule has 24 heavy (non-hydrogen) atoms. The van der Waals surface area contributed by atoms with Gasteiger partial charge in [0.25, 0.3) is 0 Å². The third kappa shape index (κ3) is 4.79. The number of benzene rings is 1. The molecule has 5 heteroatoms. The predicted octanol–water partition coefficient (Wildman–Crippen LogP) is 1.89. The van der Waals surface area contributed by atoms with Gasteiger partial charge in [-0.3, -0.25) is 14.6 Å². The molecule has 0 spiro atoms. The molecule has 2 aliphatic rings. The number of rotatable bonds is 6. The van der Waals surface area contributed by atoms with E-state index in [1.807, 2.05) is 12.1 Å². The first-order chi connectivity index (χ1) is 11.7. The smallest absolute Gasteiger partial charge is 0.238 e. The molecule has 1 saturated carbocycles. The summed E-state index contributed by atoms with van der Waals surface area (Å²) in [6.07, 6.45) is 5.28. The molecular formula is C19H29N3O2. The minimum absolute atomic E-state index is 0.0548. The zero-order chi connectivity index (χ0) is 16.8. The number of nitrogens with one attached hydrogen (secondary N) is 1. The van der Waals surface area contributed by atoms with Gasteiger partial charge in [0.1, 0.15) is 0 Å². The largest absolute Gasteiger partial charge is 0.395 e. The highest BCUT2D eigenvalue weighted by molar-refractivity contribution is 5.92. The SMILES string of the molecule is O=C(CN1CCN(CCO)CC1)Nc1ccc(C2CCCC2)cc1. The van der Waals surface area contributed by atoms with Crippen LogP contribution >= 0.6 is 0 Å². The number of anilines is 1. The Kier molecular flexibility index (Phi) is 6.24. The Balaban J connectivity index is 1.43. The van der Waals surface area contributed by atoms with Crippen LogP contribution in [0.2, 0.25) is 0 Å². The number of carbonyl (C=O) groups is 1. The molecule has 1 amide bonds. The Hall–Kier alpha value is -1.43. The molecule has 132 valence electrons. The van der Waals surface area contributed by atoms with Gasteiger partial charge in [-0.25, -0.2) is 0 Å². The Morgan fingerprint density at radius 1 is 1.04 bits per heavy atom. The summed E-state index contributed by atoms with van der Waals surface area (Å²) >= 11 is 0. The average Bonchev–Trinajstić information content (AvgIpc) is 3.12. The van der Waals surface area contributed by atoms with E-state index in [2.05, 4.69) is 27.2 Å². The Labute approximate surface area is 144 Å². The summed E-state index contributed by atoms with van der Waals surface area (Å²) < 4.78 is 0. The van der Waals surface area contributed by atoms with Crippen molar-refractivity contribution in [2.45, 2.75) is 31.6 Å². The van der Waals surface area contributed by atoms with E-state index in [9.17, 15) is 4.79 Å². The molecule has 2 fully saturated rings. The van der Waals surface area contributed by atoms with Crippen LogP contribution in [0.4, 0.5) is 5.69 Å². The summed E-state index contributed by atoms with van der Waals surface area (Å²) in [5.41, 5.74) is 2.30. The fourth-order valence-electron chi connectivity index (χ4n) is 3.81. The molecule has 5 nitrogen and oxygen atoms in total. The summed E-state index contributed by atoms with van der Waals surface area (Å²) in [6.45, 7) is 4.98. The highest BCUT2D eigenvalue weighted by Crippen LogP contribution is 2.34. The minimum atomic E-state index is 0.0548. The third-order valence-electron chi connectivity index (χ3n) is 5.27. The van der Waals surface area contributed by atoms with E-state index in [0.29, 0.717) is 12.5 Å². The van der Waals surface area contributed by atoms with Gasteiger partial charge in [-0.1, -0.05) is 25.0 Å². The normalized spacial score (nSPS) is 20.4. The number of β-amino-alcohol motifs (C(OH)–C–C–N with tert-alkyl or cyclic N) is 1. The van der Waals surface area contributed by atoms with Crippen molar-refractivity contribution in [3.05, 3.63) is 29.8 Å². The lowest BCUT2D eigenvalue weighted by molar-refractivity contribution is -0.117. The molecule has 1 aliphatic carbocycles. The van der Waals surface area contributed by atoms with Crippen LogP contribution in [0.5, 0.6) is 0 Å². The molecule has 0 atom stereocenters. The fraction of sp³-hybridized carbons (Fsp3) is 0.632. The summed E-state index contributed by atoms with van der Waals surface area (Å²) in [7, 11) is 0. The lowest BCUT2D eigenvalue weighted by Crippen LogP contribution is -2.49. The Morgan fingerprint density at radius 3 is 2.29 bits per heavy atom. The molecule has 1 heterocycles. The second kappa shape index (κ2) is 8.60. The lowest BCUT2D eigenvalue weighted by Gasteiger charge is -2.33. The minimum Gasteiger partial charge on any atom is -0.395 e. The van der Waals surface area contributed by atoms with Crippen molar-refractivity contribution < 1.29 is 9.90 Å². The molecular weight excluding hydrogens is 302 g/mol. The number of carbonyl (C=O) groups excluding carboxylic acids is 1. The quantitative estimate of drug-likeness (QED) is 0.836. The maximum Gasteiger partial charge on any atom is 0.238 e. The molecule has 0 radical (unpaired) electrons. The first kappa shape index (κ1) is 17.4. The van der Waals surface area contributed by atoms with E-state index in [0.717, 1.165) is 38.4 Å². The van der Waals surface area contributed by atoms with E-state index in [1.165, 1.54) is 31.2 Å². The van der Waals surface area contributed by atoms with Crippen LogP contribution in [0.1, 0.15) is 37.2 Å². The van der Waals surface area contributed by atoms with Gasteiger partial charge in [-0.2, -0.15) is 0 Å². The van der Waals surface area contributed by atoms with Crippen LogP contribution in [0, 0.1) is 0 Å². The van der Waals surface area contributed by atoms with Crippen molar-refractivity contribution in [1.82, 2.24) is 9.80 Å². The first-order valence-electron chi connectivity index (χ1n) is 9.20. The van der Waals surface area contributed by atoms with Crippen LogP contribution in [-0.2, 0) is 4.79 Å². The maximum absolute atomic E-state index is 12.2. The van der Waals surface area contributed by atoms with E-state index in [1.54, 1.807) is 0 Å². The standard InChI is InChI=1S/C19H29N3O2/c23-14-13-21-9-11-22(12-10-21)15-19(24)20-18-7-5-17(6-8-18)16-3-1-2-4-16/h5-8,16,23H,1-4,9-15H2,(H,20,24). The number of aliphatic hydroxyl groups excluding tert-OH is 1. The zero-order valence-electron chi connectivity index (χ0n) is 14.4. The molecule has 2 N–H and O–H groups in total. The van der Waals surface area contributed by atoms with E-state index in [-0.39, 0.29) is 12.5 Å². The summed E-state index contributed by atoms with van der Waals surface area (Å²) in [4.78, 5) is 16.6. The number of aliphatic hydroxyl groups is 1. The number of nitrogens with zero attached hydrogens (tertiary/aromatic N) is 2. The summed E-state index contributed by atoms with van der Waals surface area (Å²) in [6, 6.07) is 8.40. The summed E-state index contributed by atoms with van der Waals surface area (Å²) in [5.74, 6) is 0.768. The van der Waals surface area contributed by atoms with Crippen molar-refractivity contribution in [3.63, 3.8) is 0 Å². The topological polar surface area (TPSA) is 55.8 Å². The van der Waals surface area contributed by atoms with Crippen molar-refractivity contribution in [2.75, 3.05) is 51.2 Å². The van der Waals surface area contributed by atoms with Crippen molar-refractivity contribution in [3.8, 4) is 0 Å². The van der Waals surface area contributed by atoms with Crippen LogP contribution in [0.25, 0.3) is 0 Å². The van der Waals surface area contributed by atoms with Crippen molar-refractivity contribution in [1.29, 1.82) is 0 Å². The van der Waals surface area contributed by atoms with Crippen LogP contribution in [0.15, 0.2) is 24.3 Å². The van der Waals surface area contributed by atoms with Gasteiger partial charge in [0.05, 0.1) is 13.2 Å². The highest BCUT2D eigenvalue weighted by atomic mass is 16.3. The number of amides is 1. The van der Waals surface area contributed by atoms with Gasteiger partial charge in [-0.05, 0) is 36.5 Å². The van der Waals surface area contributed by atoms with Crippen LogP contribution in [-0.4, -0.2) is 66.7 Å². The Morgan fingerprint density at radius 2 is 1.67 bits per heavy atom. The number of hydrogen-bond acceptors (Lipinski definition) is 4. The van der Waals surface area contributed by atoms with Gasteiger partial charge in [0.15, 0.2) is 0 Å². The molecule has 1 aromatic carbocycles. The second-order valence-electron chi connectivity index (χ2n) is 6.99. The van der Waals surface area contributed by atoms with Gasteiger partial charge in [0.2, 0.25) is 5.91 Å². The van der Waals surface area contributed by atoms with E-state index in [4.69, 9.17) is 5.11 Å². The molecule has 0 aromatic heterocycles. The maximum atomic E-state index is 12.2. The number of hydrogen-bond donors (Lipinski definition) is 2. The molecule has 1 saturated heterocycles. The molecule has 0 bridgehead atoms. The van der Waals surface area contributed by atoms with Crippen molar-refractivity contribution in [2.24, 2.45) is 0 Å². The zero-order valence-corrected chi connectivity index (χ0v) is 14.4. The monoisotopic (exact) mass is 331 g/mol. The lowest BCUT2D eigenvalue weighted by atomic mass is 9.98.